The molecule has 0 radical (unpaired) electrons. The van der Waals surface area contributed by atoms with Gasteiger partial charge >= 0.3 is 0 Å². The van der Waals surface area contributed by atoms with Gasteiger partial charge in [-0.3, -0.25) is 4.79 Å². The van der Waals surface area contributed by atoms with Gasteiger partial charge in [-0.15, -0.1) is 0 Å². The number of aryl methyl sites for hydroxylation is 1. The van der Waals surface area contributed by atoms with E-state index in [2.05, 4.69) is 45.2 Å². The van der Waals surface area contributed by atoms with Crippen LogP contribution in [0.5, 0.6) is 5.75 Å². The minimum absolute atomic E-state index is 0.0542. The van der Waals surface area contributed by atoms with E-state index in [1.54, 1.807) is 20.4 Å². The van der Waals surface area contributed by atoms with Crippen molar-refractivity contribution in [2.45, 2.75) is 51.1 Å². The molecule has 5 rings (SSSR count). The number of methoxy groups -OCH3 is 2. The van der Waals surface area contributed by atoms with E-state index in [1.165, 1.54) is 11.1 Å². The Bertz CT molecular complexity index is 1170. The summed E-state index contributed by atoms with van der Waals surface area (Å²) in [6, 6.07) is 4.61. The van der Waals surface area contributed by atoms with Crippen LogP contribution in [0.15, 0.2) is 30.5 Å². The number of aromatic nitrogens is 2. The molecule has 1 amide bonds. The number of primary amides is 1. The molecule has 0 saturated heterocycles. The maximum Gasteiger partial charge on any atom is 0.229 e. The lowest BCUT2D eigenvalue weighted by Gasteiger charge is -2.27. The first kappa shape index (κ1) is 25.5. The van der Waals surface area contributed by atoms with Crippen molar-refractivity contribution in [3.63, 3.8) is 0 Å². The van der Waals surface area contributed by atoms with E-state index in [1.807, 2.05) is 6.92 Å². The summed E-state index contributed by atoms with van der Waals surface area (Å²) in [7, 11) is 3.45. The van der Waals surface area contributed by atoms with Gasteiger partial charge in [0.2, 0.25) is 11.9 Å². The van der Waals surface area contributed by atoms with Gasteiger partial charge in [0.25, 0.3) is 0 Å². The smallest absolute Gasteiger partial charge is 0.229 e. The largest absolute Gasteiger partial charge is 0.494 e. The number of nitrogens with two attached hydrogens (primary N) is 1. The number of hydrogen-bond acceptors (Lipinski definition) is 8. The molecule has 5 atom stereocenters. The third kappa shape index (κ3) is 5.29. The Morgan fingerprint density at radius 3 is 2.84 bits per heavy atom. The topological polar surface area (TPSA) is 123 Å². The molecule has 5 unspecified atom stereocenters. The average Bonchev–Trinajstić information content (AvgIpc) is 3.42. The predicted octanol–water partition coefficient (Wildman–Crippen LogP) is 3.11. The highest BCUT2D eigenvalue weighted by molar-refractivity contribution is 5.80. The summed E-state index contributed by atoms with van der Waals surface area (Å²) in [5.41, 5.74) is 10.1. The van der Waals surface area contributed by atoms with E-state index in [4.69, 9.17) is 20.2 Å². The number of nitrogens with one attached hydrogen (secondary N) is 3. The van der Waals surface area contributed by atoms with E-state index in [9.17, 15) is 4.79 Å². The number of anilines is 3. The molecule has 1 heterocycles. The molecule has 3 aliphatic carbocycles. The lowest BCUT2D eigenvalue weighted by atomic mass is 9.88. The quantitative estimate of drug-likeness (QED) is 0.220. The molecule has 1 aromatic carbocycles. The van der Waals surface area contributed by atoms with E-state index < -0.39 is 0 Å². The van der Waals surface area contributed by atoms with Crippen molar-refractivity contribution in [3.8, 4) is 5.75 Å². The predicted molar refractivity (Wildman–Crippen MR) is 144 cm³/mol. The molecule has 2 bridgehead atoms. The van der Waals surface area contributed by atoms with Crippen LogP contribution in [0, 0.1) is 24.7 Å². The summed E-state index contributed by atoms with van der Waals surface area (Å²) >= 11 is 0. The number of allylic oxidation sites excluding steroid dienone is 1. The highest BCUT2D eigenvalue weighted by Crippen LogP contribution is 2.45. The van der Waals surface area contributed by atoms with Gasteiger partial charge in [-0.25, -0.2) is 4.98 Å². The Labute approximate surface area is 218 Å². The van der Waals surface area contributed by atoms with Crippen LogP contribution in [-0.4, -0.2) is 55.3 Å². The van der Waals surface area contributed by atoms with Crippen molar-refractivity contribution < 1.29 is 14.3 Å². The molecular weight excluding hydrogens is 468 g/mol. The van der Waals surface area contributed by atoms with Crippen LogP contribution in [0.1, 0.15) is 36.0 Å². The van der Waals surface area contributed by atoms with Crippen LogP contribution in [0.4, 0.5) is 17.5 Å². The molecule has 9 heteroatoms. The summed E-state index contributed by atoms with van der Waals surface area (Å²) in [6.07, 6.45) is 11.2. The number of ether oxygens (including phenoxy) is 2. The Balaban J connectivity index is 1.35. The van der Waals surface area contributed by atoms with Gasteiger partial charge in [0, 0.05) is 37.5 Å². The fourth-order valence-corrected chi connectivity index (χ4v) is 6.23. The molecular formula is C28H38N6O3. The van der Waals surface area contributed by atoms with Gasteiger partial charge in [-0.1, -0.05) is 18.2 Å². The van der Waals surface area contributed by atoms with Crippen molar-refractivity contribution in [2.75, 3.05) is 38.0 Å². The zero-order valence-corrected chi connectivity index (χ0v) is 21.9. The van der Waals surface area contributed by atoms with Gasteiger partial charge in [-0.2, -0.15) is 4.98 Å². The molecule has 1 aromatic heterocycles. The number of benzene rings is 1. The Kier molecular flexibility index (Phi) is 7.62. The SMILES string of the molecule is COCCNC1CCCc2c(ccc(Nc3ncc(C)c(NC4C5C=CC(C5)C4C(N)=O)n3)c2OC)C1. The normalized spacial score (nSPS) is 26.0. The maximum absolute atomic E-state index is 12.2. The summed E-state index contributed by atoms with van der Waals surface area (Å²) in [4.78, 5) is 21.5. The molecule has 9 nitrogen and oxygen atoms in total. The number of carbonyl (C=O) groups excluding carboxylic acids is 1. The van der Waals surface area contributed by atoms with Gasteiger partial charge < -0.3 is 31.2 Å². The highest BCUT2D eigenvalue weighted by Gasteiger charge is 2.47. The van der Waals surface area contributed by atoms with Crippen LogP contribution in [0.2, 0.25) is 0 Å². The molecule has 5 N–H and O–H groups in total. The monoisotopic (exact) mass is 506 g/mol. The van der Waals surface area contributed by atoms with E-state index in [-0.39, 0.29) is 29.7 Å². The Morgan fingerprint density at radius 2 is 2.05 bits per heavy atom. The van der Waals surface area contributed by atoms with Crippen molar-refractivity contribution in [1.82, 2.24) is 15.3 Å². The maximum atomic E-state index is 12.2. The van der Waals surface area contributed by atoms with Crippen LogP contribution in [-0.2, 0) is 22.4 Å². The van der Waals surface area contributed by atoms with Gasteiger partial charge in [-0.05, 0) is 68.1 Å². The summed E-state index contributed by atoms with van der Waals surface area (Å²) in [6.45, 7) is 3.53. The standard InChI is InChI=1S/C28H38N6O3/c1-16-15-31-28(34-27(16)33-24-19-8-7-18(13-19)23(24)26(29)35)32-22-10-9-17-14-20(30-11-12-36-2)5-4-6-21(17)25(22)37-3/h7-10,15,18-20,23-24,30H,4-6,11-14H2,1-3H3,(H2,29,35)(H2,31,32,33,34). The van der Waals surface area contributed by atoms with Gasteiger partial charge in [0.1, 0.15) is 11.6 Å². The van der Waals surface area contributed by atoms with Crippen LogP contribution < -0.4 is 26.4 Å². The first-order valence-electron chi connectivity index (χ1n) is 13.2. The first-order valence-corrected chi connectivity index (χ1v) is 13.2. The van der Waals surface area contributed by atoms with E-state index in [0.717, 1.165) is 55.6 Å². The van der Waals surface area contributed by atoms with E-state index in [0.29, 0.717) is 24.4 Å². The number of hydrogen-bond donors (Lipinski definition) is 4. The van der Waals surface area contributed by atoms with Crippen LogP contribution in [0.25, 0.3) is 0 Å². The second kappa shape index (κ2) is 11.1. The third-order valence-corrected chi connectivity index (χ3v) is 8.06. The molecule has 1 saturated carbocycles. The first-order chi connectivity index (χ1) is 18.0. The Hall–Kier alpha value is -3.17. The molecule has 0 spiro atoms. The Morgan fingerprint density at radius 1 is 1.22 bits per heavy atom. The molecule has 2 aromatic rings. The fourth-order valence-electron chi connectivity index (χ4n) is 6.23. The summed E-state index contributed by atoms with van der Waals surface area (Å²) < 4.78 is 11.1. The minimum atomic E-state index is -0.259. The second-order valence-corrected chi connectivity index (χ2v) is 10.4. The molecule has 3 aliphatic rings. The minimum Gasteiger partial charge on any atom is -0.494 e. The van der Waals surface area contributed by atoms with Gasteiger partial charge in [0.05, 0.1) is 25.3 Å². The number of nitrogens with zero attached hydrogens (tertiary/aromatic N) is 2. The summed E-state index contributed by atoms with van der Waals surface area (Å²) in [5, 5.41) is 10.5. The van der Waals surface area contributed by atoms with Crippen LogP contribution in [0.3, 0.4) is 0 Å². The molecule has 0 aliphatic heterocycles. The lowest BCUT2D eigenvalue weighted by molar-refractivity contribution is -0.122. The average molecular weight is 507 g/mol. The van der Waals surface area contributed by atoms with Gasteiger partial charge in [0.15, 0.2) is 0 Å². The number of amides is 1. The number of carbonyl (C=O) groups is 1. The third-order valence-electron chi connectivity index (χ3n) is 8.06. The number of rotatable bonds is 10. The zero-order valence-electron chi connectivity index (χ0n) is 21.9. The zero-order chi connectivity index (χ0) is 25.9. The van der Waals surface area contributed by atoms with E-state index >= 15 is 0 Å². The van der Waals surface area contributed by atoms with Crippen molar-refractivity contribution in [2.24, 2.45) is 23.5 Å². The number of fused-ring (bicyclic) bond motifs is 3. The molecule has 1 fully saturated rings. The highest BCUT2D eigenvalue weighted by atomic mass is 16.5. The van der Waals surface area contributed by atoms with Crippen molar-refractivity contribution >= 4 is 23.4 Å². The lowest BCUT2D eigenvalue weighted by Crippen LogP contribution is -2.41. The fraction of sp³-hybridized carbons (Fsp3) is 0.536. The summed E-state index contributed by atoms with van der Waals surface area (Å²) in [5.74, 6) is 2.05. The second-order valence-electron chi connectivity index (χ2n) is 10.4. The van der Waals surface area contributed by atoms with Crippen molar-refractivity contribution in [3.05, 3.63) is 47.2 Å². The molecule has 37 heavy (non-hydrogen) atoms. The molecule has 198 valence electrons. The van der Waals surface area contributed by atoms with Crippen LogP contribution >= 0.6 is 0 Å². The van der Waals surface area contributed by atoms with Crippen molar-refractivity contribution in [1.29, 1.82) is 0 Å².